The molecule has 0 fully saturated rings. The number of pyridine rings is 1. The molecule has 3 aromatic rings. The number of nitrogens with one attached hydrogen (secondary N) is 1. The van der Waals surface area contributed by atoms with Crippen molar-refractivity contribution in [3.63, 3.8) is 0 Å². The van der Waals surface area contributed by atoms with E-state index in [9.17, 15) is 0 Å². The van der Waals surface area contributed by atoms with Crippen molar-refractivity contribution in [3.05, 3.63) is 60.3 Å². The van der Waals surface area contributed by atoms with E-state index in [1.807, 2.05) is 48.7 Å². The summed E-state index contributed by atoms with van der Waals surface area (Å²) in [6.07, 6.45) is 1.85. The first kappa shape index (κ1) is 12.0. The quantitative estimate of drug-likeness (QED) is 0.795. The zero-order chi connectivity index (χ0) is 14.1. The highest BCUT2D eigenvalue weighted by atomic mass is 16.7. The summed E-state index contributed by atoms with van der Waals surface area (Å²) in [4.78, 5) is 4.38. The van der Waals surface area contributed by atoms with Gasteiger partial charge in [0.05, 0.1) is 5.52 Å². The first-order valence-electron chi connectivity index (χ1n) is 6.86. The number of benzene rings is 2. The Kier molecular flexibility index (Phi) is 2.85. The molecule has 1 aromatic heterocycles. The molecule has 2 heterocycles. The summed E-state index contributed by atoms with van der Waals surface area (Å²) >= 11 is 0. The third-order valence-corrected chi connectivity index (χ3v) is 3.59. The highest BCUT2D eigenvalue weighted by molar-refractivity contribution is 5.82. The van der Waals surface area contributed by atoms with Crippen LogP contribution in [0.3, 0.4) is 0 Å². The van der Waals surface area contributed by atoms with Gasteiger partial charge in [-0.25, -0.2) is 0 Å². The SMILES string of the molecule is c1ccc2c(CNc3ccc4c(c3)OCO4)ccnc2c1. The number of fused-ring (bicyclic) bond motifs is 2. The summed E-state index contributed by atoms with van der Waals surface area (Å²) in [5, 5.41) is 4.59. The van der Waals surface area contributed by atoms with Crippen molar-refractivity contribution in [2.75, 3.05) is 12.1 Å². The maximum atomic E-state index is 5.39. The standard InChI is InChI=1S/C17H14N2O2/c1-2-4-15-14(3-1)12(7-8-18-15)10-19-13-5-6-16-17(9-13)21-11-20-16/h1-9,19H,10-11H2. The molecule has 0 atom stereocenters. The third-order valence-electron chi connectivity index (χ3n) is 3.59. The van der Waals surface area contributed by atoms with Crippen LogP contribution in [0, 0.1) is 0 Å². The first-order chi connectivity index (χ1) is 10.4. The molecule has 0 saturated carbocycles. The Morgan fingerprint density at radius 3 is 2.90 bits per heavy atom. The van der Waals surface area contributed by atoms with Gasteiger partial charge in [0.1, 0.15) is 0 Å². The molecular weight excluding hydrogens is 264 g/mol. The molecule has 0 amide bonds. The van der Waals surface area contributed by atoms with Crippen molar-refractivity contribution in [1.29, 1.82) is 0 Å². The van der Waals surface area contributed by atoms with Crippen molar-refractivity contribution in [2.45, 2.75) is 6.54 Å². The molecule has 0 radical (unpaired) electrons. The molecule has 1 aliphatic heterocycles. The van der Waals surface area contributed by atoms with Crippen molar-refractivity contribution in [1.82, 2.24) is 4.98 Å². The zero-order valence-corrected chi connectivity index (χ0v) is 11.4. The summed E-state index contributed by atoms with van der Waals surface area (Å²) in [6, 6.07) is 16.1. The number of ether oxygens (including phenoxy) is 2. The van der Waals surface area contributed by atoms with Crippen molar-refractivity contribution in [2.24, 2.45) is 0 Å². The molecule has 104 valence electrons. The van der Waals surface area contributed by atoms with Crippen LogP contribution in [-0.4, -0.2) is 11.8 Å². The van der Waals surface area contributed by atoms with E-state index in [2.05, 4.69) is 16.4 Å². The lowest BCUT2D eigenvalue weighted by Gasteiger charge is -2.09. The van der Waals surface area contributed by atoms with Gasteiger partial charge in [-0.05, 0) is 29.8 Å². The maximum absolute atomic E-state index is 5.39. The van der Waals surface area contributed by atoms with E-state index < -0.39 is 0 Å². The summed E-state index contributed by atoms with van der Waals surface area (Å²) in [5.74, 6) is 1.59. The van der Waals surface area contributed by atoms with Crippen LogP contribution in [0.4, 0.5) is 5.69 Å². The smallest absolute Gasteiger partial charge is 0.231 e. The number of anilines is 1. The number of nitrogens with zero attached hydrogens (tertiary/aromatic N) is 1. The average Bonchev–Trinajstić information content (AvgIpc) is 3.00. The van der Waals surface area contributed by atoms with Gasteiger partial charge in [0.25, 0.3) is 0 Å². The molecule has 1 N–H and O–H groups in total. The molecule has 0 aliphatic carbocycles. The summed E-state index contributed by atoms with van der Waals surface area (Å²) in [7, 11) is 0. The Balaban J connectivity index is 1.58. The molecule has 1 aliphatic rings. The van der Waals surface area contributed by atoms with Gasteiger partial charge in [-0.15, -0.1) is 0 Å². The van der Waals surface area contributed by atoms with Crippen molar-refractivity contribution >= 4 is 16.6 Å². The van der Waals surface area contributed by atoms with Crippen LogP contribution in [-0.2, 0) is 6.54 Å². The molecular formula is C17H14N2O2. The minimum atomic E-state index is 0.299. The topological polar surface area (TPSA) is 43.4 Å². The third kappa shape index (κ3) is 2.25. The summed E-state index contributed by atoms with van der Waals surface area (Å²) in [5.41, 5.74) is 3.25. The molecule has 0 unspecified atom stereocenters. The van der Waals surface area contributed by atoms with Crippen LogP contribution in [0.15, 0.2) is 54.7 Å². The van der Waals surface area contributed by atoms with E-state index in [0.29, 0.717) is 6.79 Å². The first-order valence-corrected chi connectivity index (χ1v) is 6.86. The Labute approximate surface area is 122 Å². The summed E-state index contributed by atoms with van der Waals surface area (Å²) < 4.78 is 10.7. The molecule has 0 spiro atoms. The zero-order valence-electron chi connectivity index (χ0n) is 11.4. The van der Waals surface area contributed by atoms with Gasteiger partial charge in [0, 0.05) is 29.9 Å². The van der Waals surface area contributed by atoms with Crippen LogP contribution in [0.25, 0.3) is 10.9 Å². The van der Waals surface area contributed by atoms with E-state index in [0.717, 1.165) is 29.2 Å². The minimum Gasteiger partial charge on any atom is -0.454 e. The van der Waals surface area contributed by atoms with E-state index in [1.54, 1.807) is 0 Å². The van der Waals surface area contributed by atoms with E-state index in [1.165, 1.54) is 10.9 Å². The Morgan fingerprint density at radius 1 is 1.00 bits per heavy atom. The second kappa shape index (κ2) is 4.98. The molecule has 4 heteroatoms. The maximum Gasteiger partial charge on any atom is 0.231 e. The van der Waals surface area contributed by atoms with Gasteiger partial charge in [0.15, 0.2) is 11.5 Å². The van der Waals surface area contributed by atoms with E-state index in [4.69, 9.17) is 9.47 Å². The number of para-hydroxylation sites is 1. The number of hydrogen-bond acceptors (Lipinski definition) is 4. The predicted molar refractivity (Wildman–Crippen MR) is 81.6 cm³/mol. The summed E-state index contributed by atoms with van der Waals surface area (Å²) in [6.45, 7) is 1.04. The highest BCUT2D eigenvalue weighted by Crippen LogP contribution is 2.34. The van der Waals surface area contributed by atoms with E-state index >= 15 is 0 Å². The highest BCUT2D eigenvalue weighted by Gasteiger charge is 2.13. The lowest BCUT2D eigenvalue weighted by Crippen LogP contribution is -2.00. The fourth-order valence-electron chi connectivity index (χ4n) is 2.51. The fourth-order valence-corrected chi connectivity index (χ4v) is 2.51. The van der Waals surface area contributed by atoms with Gasteiger partial charge in [0.2, 0.25) is 6.79 Å². The number of rotatable bonds is 3. The molecule has 4 rings (SSSR count). The second-order valence-electron chi connectivity index (χ2n) is 4.91. The normalized spacial score (nSPS) is 12.6. The number of aromatic nitrogens is 1. The predicted octanol–water partition coefficient (Wildman–Crippen LogP) is 3.58. The second-order valence-corrected chi connectivity index (χ2v) is 4.91. The van der Waals surface area contributed by atoms with Crippen LogP contribution in [0.5, 0.6) is 11.5 Å². The molecule has 2 aromatic carbocycles. The Hall–Kier alpha value is -2.75. The Bertz CT molecular complexity index is 796. The molecule has 0 saturated heterocycles. The molecule has 21 heavy (non-hydrogen) atoms. The van der Waals surface area contributed by atoms with Crippen LogP contribution >= 0.6 is 0 Å². The van der Waals surface area contributed by atoms with Gasteiger partial charge < -0.3 is 14.8 Å². The van der Waals surface area contributed by atoms with Crippen LogP contribution in [0.1, 0.15) is 5.56 Å². The number of hydrogen-bond donors (Lipinski definition) is 1. The molecule has 4 nitrogen and oxygen atoms in total. The largest absolute Gasteiger partial charge is 0.454 e. The van der Waals surface area contributed by atoms with Crippen molar-refractivity contribution < 1.29 is 9.47 Å². The lowest BCUT2D eigenvalue weighted by atomic mass is 10.1. The van der Waals surface area contributed by atoms with Crippen LogP contribution in [0.2, 0.25) is 0 Å². The fraction of sp³-hybridized carbons (Fsp3) is 0.118. The lowest BCUT2D eigenvalue weighted by molar-refractivity contribution is 0.174. The van der Waals surface area contributed by atoms with Gasteiger partial charge >= 0.3 is 0 Å². The average molecular weight is 278 g/mol. The van der Waals surface area contributed by atoms with E-state index in [-0.39, 0.29) is 0 Å². The monoisotopic (exact) mass is 278 g/mol. The van der Waals surface area contributed by atoms with Gasteiger partial charge in [-0.3, -0.25) is 4.98 Å². The molecule has 0 bridgehead atoms. The Morgan fingerprint density at radius 2 is 1.90 bits per heavy atom. The van der Waals surface area contributed by atoms with Gasteiger partial charge in [-0.2, -0.15) is 0 Å². The minimum absolute atomic E-state index is 0.299. The van der Waals surface area contributed by atoms with Crippen molar-refractivity contribution in [3.8, 4) is 11.5 Å². The van der Waals surface area contributed by atoms with Crippen LogP contribution < -0.4 is 14.8 Å². The van der Waals surface area contributed by atoms with Gasteiger partial charge in [-0.1, -0.05) is 18.2 Å².